The molecule has 0 atom stereocenters. The summed E-state index contributed by atoms with van der Waals surface area (Å²) < 4.78 is 6.44. The fraction of sp³-hybridized carbons (Fsp3) is 0. The first-order valence-electron chi connectivity index (χ1n) is 13.5. The van der Waals surface area contributed by atoms with Crippen LogP contribution < -0.4 is 0 Å². The summed E-state index contributed by atoms with van der Waals surface area (Å²) in [5.41, 5.74) is 7.00. The molecule has 0 spiro atoms. The van der Waals surface area contributed by atoms with Gasteiger partial charge in [-0.3, -0.25) is 0 Å². The van der Waals surface area contributed by atoms with Gasteiger partial charge in [0.2, 0.25) is 0 Å². The number of hydrogen-bond acceptors (Lipinski definition) is 5. The molecule has 192 valence electrons. The van der Waals surface area contributed by atoms with Gasteiger partial charge in [0.05, 0.1) is 5.52 Å². The molecule has 0 unspecified atom stereocenters. The molecule has 0 N–H and O–H groups in total. The van der Waals surface area contributed by atoms with Crippen LogP contribution in [0.5, 0.6) is 0 Å². The standard InChI is InChI=1S/C36H22N4O/c1-3-12-23(13-4-1)34-38-35(24-14-5-2-6-15-24)40-36(39-34)26-17-11-16-25(22-26)32-33-31(27-18-7-9-20-29(27)37-32)28-19-8-10-21-30(28)41-33/h1-22H. The van der Waals surface area contributed by atoms with Gasteiger partial charge in [-0.05, 0) is 18.2 Å². The minimum absolute atomic E-state index is 0.598. The second-order valence-corrected chi connectivity index (χ2v) is 9.90. The van der Waals surface area contributed by atoms with E-state index >= 15 is 0 Å². The van der Waals surface area contributed by atoms with Crippen molar-refractivity contribution in [1.82, 2.24) is 19.9 Å². The normalized spacial score (nSPS) is 11.4. The molecule has 8 aromatic rings. The predicted octanol–water partition coefficient (Wildman–Crippen LogP) is 8.99. The third-order valence-corrected chi connectivity index (χ3v) is 7.31. The molecule has 0 saturated heterocycles. The monoisotopic (exact) mass is 526 g/mol. The molecule has 0 aliphatic carbocycles. The zero-order valence-corrected chi connectivity index (χ0v) is 21.9. The number of pyridine rings is 1. The van der Waals surface area contributed by atoms with Crippen LogP contribution in [0.4, 0.5) is 0 Å². The number of benzene rings is 5. The number of fused-ring (bicyclic) bond motifs is 5. The average molecular weight is 527 g/mol. The molecule has 5 aromatic carbocycles. The first-order chi connectivity index (χ1) is 20.3. The lowest BCUT2D eigenvalue weighted by Crippen LogP contribution is -2.00. The molecular formula is C36H22N4O. The van der Waals surface area contributed by atoms with Crippen LogP contribution >= 0.6 is 0 Å². The van der Waals surface area contributed by atoms with Crippen LogP contribution in [-0.4, -0.2) is 19.9 Å². The maximum Gasteiger partial charge on any atom is 0.164 e. The summed E-state index contributed by atoms with van der Waals surface area (Å²) in [6, 6.07) is 44.6. The van der Waals surface area contributed by atoms with Gasteiger partial charge in [-0.1, -0.05) is 115 Å². The fourth-order valence-electron chi connectivity index (χ4n) is 5.37. The van der Waals surface area contributed by atoms with Crippen molar-refractivity contribution in [2.24, 2.45) is 0 Å². The Morgan fingerprint density at radius 2 is 0.951 bits per heavy atom. The van der Waals surface area contributed by atoms with Crippen LogP contribution in [0.15, 0.2) is 138 Å². The van der Waals surface area contributed by atoms with Crippen LogP contribution in [-0.2, 0) is 0 Å². The summed E-state index contributed by atoms with van der Waals surface area (Å²) in [5, 5.41) is 3.23. The molecule has 0 radical (unpaired) electrons. The van der Waals surface area contributed by atoms with E-state index in [4.69, 9.17) is 24.4 Å². The second kappa shape index (κ2) is 9.50. The number of rotatable bonds is 4. The Kier molecular flexibility index (Phi) is 5.38. The quantitative estimate of drug-likeness (QED) is 0.229. The fourth-order valence-corrected chi connectivity index (χ4v) is 5.37. The van der Waals surface area contributed by atoms with Crippen molar-refractivity contribution in [3.05, 3.63) is 133 Å². The highest BCUT2D eigenvalue weighted by atomic mass is 16.3. The second-order valence-electron chi connectivity index (χ2n) is 9.90. The molecule has 0 aliphatic rings. The SMILES string of the molecule is c1ccc(-c2nc(-c3ccccc3)nc(-c3cccc(-c4nc5ccccc5c5c4oc4ccccc45)c3)n2)cc1. The molecule has 0 aliphatic heterocycles. The average Bonchev–Trinajstić information content (AvgIpc) is 3.45. The van der Waals surface area contributed by atoms with Crippen LogP contribution in [0.2, 0.25) is 0 Å². The van der Waals surface area contributed by atoms with Crippen molar-refractivity contribution in [2.45, 2.75) is 0 Å². The van der Waals surface area contributed by atoms with Crippen LogP contribution in [0, 0.1) is 0 Å². The summed E-state index contributed by atoms with van der Waals surface area (Å²) in [7, 11) is 0. The lowest BCUT2D eigenvalue weighted by Gasteiger charge is -2.10. The first kappa shape index (κ1) is 23.2. The van der Waals surface area contributed by atoms with E-state index in [1.165, 1.54) is 0 Å². The molecule has 0 fully saturated rings. The van der Waals surface area contributed by atoms with Gasteiger partial charge in [-0.15, -0.1) is 0 Å². The van der Waals surface area contributed by atoms with E-state index in [0.717, 1.165) is 60.8 Å². The molecule has 5 nitrogen and oxygen atoms in total. The van der Waals surface area contributed by atoms with E-state index in [1.54, 1.807) is 0 Å². The van der Waals surface area contributed by atoms with Crippen molar-refractivity contribution in [3.63, 3.8) is 0 Å². The van der Waals surface area contributed by atoms with Crippen LogP contribution in [0.3, 0.4) is 0 Å². The van der Waals surface area contributed by atoms with E-state index < -0.39 is 0 Å². The number of aromatic nitrogens is 4. The number of hydrogen-bond donors (Lipinski definition) is 0. The largest absolute Gasteiger partial charge is 0.454 e. The molecule has 5 heteroatoms. The van der Waals surface area contributed by atoms with E-state index in [9.17, 15) is 0 Å². The van der Waals surface area contributed by atoms with Gasteiger partial charge in [0.25, 0.3) is 0 Å². The minimum Gasteiger partial charge on any atom is -0.454 e. The Labute approximate surface area is 235 Å². The smallest absolute Gasteiger partial charge is 0.164 e. The van der Waals surface area contributed by atoms with Gasteiger partial charge in [-0.2, -0.15) is 0 Å². The number of furan rings is 1. The van der Waals surface area contributed by atoms with Gasteiger partial charge in [0.15, 0.2) is 23.1 Å². The Hall–Kier alpha value is -5.68. The number of nitrogens with zero attached hydrogens (tertiary/aromatic N) is 4. The van der Waals surface area contributed by atoms with Crippen molar-refractivity contribution in [2.75, 3.05) is 0 Å². The molecule has 41 heavy (non-hydrogen) atoms. The zero-order valence-electron chi connectivity index (χ0n) is 21.9. The lowest BCUT2D eigenvalue weighted by atomic mass is 10.0. The summed E-state index contributed by atoms with van der Waals surface area (Å²) in [6.45, 7) is 0. The van der Waals surface area contributed by atoms with Gasteiger partial charge >= 0.3 is 0 Å². The maximum atomic E-state index is 6.44. The van der Waals surface area contributed by atoms with Gasteiger partial charge < -0.3 is 4.42 Å². The molecule has 3 aromatic heterocycles. The Bertz CT molecular complexity index is 2150. The molecule has 0 amide bonds. The maximum absolute atomic E-state index is 6.44. The van der Waals surface area contributed by atoms with Crippen LogP contribution in [0.1, 0.15) is 0 Å². The van der Waals surface area contributed by atoms with Crippen molar-refractivity contribution < 1.29 is 4.42 Å². The summed E-state index contributed by atoms with van der Waals surface area (Å²) >= 11 is 0. The third-order valence-electron chi connectivity index (χ3n) is 7.31. The Balaban J connectivity index is 1.35. The van der Waals surface area contributed by atoms with Gasteiger partial charge in [-0.25, -0.2) is 19.9 Å². The Morgan fingerprint density at radius 1 is 0.415 bits per heavy atom. The third kappa shape index (κ3) is 4.03. The molecule has 3 heterocycles. The lowest BCUT2D eigenvalue weighted by molar-refractivity contribution is 0.669. The highest BCUT2D eigenvalue weighted by molar-refractivity contribution is 6.20. The minimum atomic E-state index is 0.598. The Morgan fingerprint density at radius 3 is 1.66 bits per heavy atom. The van der Waals surface area contributed by atoms with Gasteiger partial charge in [0, 0.05) is 38.4 Å². The van der Waals surface area contributed by atoms with E-state index in [-0.39, 0.29) is 0 Å². The summed E-state index contributed by atoms with van der Waals surface area (Å²) in [5.74, 6) is 1.85. The number of para-hydroxylation sites is 2. The first-order valence-corrected chi connectivity index (χ1v) is 13.5. The van der Waals surface area contributed by atoms with Gasteiger partial charge in [0.1, 0.15) is 11.3 Å². The van der Waals surface area contributed by atoms with E-state index in [2.05, 4.69) is 24.3 Å². The van der Waals surface area contributed by atoms with E-state index in [1.807, 2.05) is 109 Å². The molecule has 8 rings (SSSR count). The summed E-state index contributed by atoms with van der Waals surface area (Å²) in [4.78, 5) is 19.7. The topological polar surface area (TPSA) is 64.7 Å². The van der Waals surface area contributed by atoms with Crippen LogP contribution in [0.25, 0.3) is 78.3 Å². The predicted molar refractivity (Wildman–Crippen MR) is 164 cm³/mol. The van der Waals surface area contributed by atoms with Crippen molar-refractivity contribution in [1.29, 1.82) is 0 Å². The molecular weight excluding hydrogens is 504 g/mol. The van der Waals surface area contributed by atoms with Crippen molar-refractivity contribution >= 4 is 32.8 Å². The van der Waals surface area contributed by atoms with Crippen molar-refractivity contribution in [3.8, 4) is 45.4 Å². The van der Waals surface area contributed by atoms with E-state index in [0.29, 0.717) is 17.5 Å². The summed E-state index contributed by atoms with van der Waals surface area (Å²) in [6.07, 6.45) is 0. The highest BCUT2D eigenvalue weighted by Crippen LogP contribution is 2.39. The zero-order chi connectivity index (χ0) is 27.2. The highest BCUT2D eigenvalue weighted by Gasteiger charge is 2.19. The molecule has 0 saturated carbocycles. The molecule has 0 bridgehead atoms.